The molecule has 1 fully saturated rings. The zero-order valence-electron chi connectivity index (χ0n) is 9.76. The number of nitrogen functional groups attached to an aromatic ring is 1. The third-order valence-electron chi connectivity index (χ3n) is 3.13. The molecule has 2 rings (SSSR count). The summed E-state index contributed by atoms with van der Waals surface area (Å²) in [6.07, 6.45) is 1.34. The molecule has 7 nitrogen and oxygen atoms in total. The molecule has 1 aromatic heterocycles. The van der Waals surface area contributed by atoms with Crippen molar-refractivity contribution >= 4 is 34.2 Å². The fourth-order valence-corrected chi connectivity index (χ4v) is 2.98. The van der Waals surface area contributed by atoms with E-state index in [1.54, 1.807) is 0 Å². The van der Waals surface area contributed by atoms with Crippen LogP contribution in [0, 0.1) is 5.92 Å². The Morgan fingerprint density at radius 2 is 1.89 bits per heavy atom. The second kappa shape index (κ2) is 4.81. The third kappa shape index (κ3) is 2.23. The van der Waals surface area contributed by atoms with E-state index in [2.05, 4.69) is 4.37 Å². The maximum atomic E-state index is 11.3. The first-order valence-corrected chi connectivity index (χ1v) is 6.37. The normalized spacial score (nSPS) is 16.8. The quantitative estimate of drug-likeness (QED) is 0.683. The maximum absolute atomic E-state index is 11.3. The van der Waals surface area contributed by atoms with Gasteiger partial charge in [0.05, 0.1) is 0 Å². The van der Waals surface area contributed by atoms with E-state index in [-0.39, 0.29) is 23.2 Å². The van der Waals surface area contributed by atoms with Crippen LogP contribution >= 0.6 is 11.5 Å². The Balaban J connectivity index is 2.15. The van der Waals surface area contributed by atoms with E-state index in [1.165, 1.54) is 0 Å². The van der Waals surface area contributed by atoms with Crippen LogP contribution in [0.2, 0.25) is 0 Å². The topological polar surface area (TPSA) is 128 Å². The molecule has 6 N–H and O–H groups in total. The molecule has 1 aliphatic rings. The minimum atomic E-state index is -0.576. The first-order chi connectivity index (χ1) is 8.50. The molecule has 0 aliphatic carbocycles. The predicted molar refractivity (Wildman–Crippen MR) is 69.2 cm³/mol. The van der Waals surface area contributed by atoms with Gasteiger partial charge in [0.1, 0.15) is 10.6 Å². The van der Waals surface area contributed by atoms with Gasteiger partial charge in [0, 0.05) is 19.0 Å². The number of aromatic nitrogens is 1. The lowest BCUT2D eigenvalue weighted by Crippen LogP contribution is -2.39. The summed E-state index contributed by atoms with van der Waals surface area (Å²) in [6, 6.07) is 0. The fraction of sp³-hybridized carbons (Fsp3) is 0.500. The van der Waals surface area contributed by atoms with Crippen LogP contribution in [0.15, 0.2) is 0 Å². The average molecular weight is 269 g/mol. The largest absolute Gasteiger partial charge is 0.382 e. The van der Waals surface area contributed by atoms with Gasteiger partial charge in [-0.3, -0.25) is 9.59 Å². The lowest BCUT2D eigenvalue weighted by atomic mass is 9.96. The van der Waals surface area contributed by atoms with Crippen molar-refractivity contribution in [2.24, 2.45) is 17.4 Å². The highest BCUT2D eigenvalue weighted by Gasteiger charge is 2.27. The van der Waals surface area contributed by atoms with Crippen LogP contribution in [0.3, 0.4) is 0 Å². The van der Waals surface area contributed by atoms with Gasteiger partial charge in [-0.1, -0.05) is 0 Å². The molecule has 1 saturated heterocycles. The van der Waals surface area contributed by atoms with Gasteiger partial charge in [0.2, 0.25) is 5.91 Å². The van der Waals surface area contributed by atoms with E-state index in [1.807, 2.05) is 4.90 Å². The molecule has 0 atom stereocenters. The van der Waals surface area contributed by atoms with Crippen molar-refractivity contribution in [3.63, 3.8) is 0 Å². The number of amides is 2. The number of carbonyl (C=O) groups excluding carboxylic acids is 2. The smallest absolute Gasteiger partial charge is 0.255 e. The minimum Gasteiger partial charge on any atom is -0.382 e. The van der Waals surface area contributed by atoms with Gasteiger partial charge in [-0.15, -0.1) is 0 Å². The van der Waals surface area contributed by atoms with Crippen LogP contribution in [0.25, 0.3) is 0 Å². The van der Waals surface area contributed by atoms with E-state index in [4.69, 9.17) is 17.2 Å². The van der Waals surface area contributed by atoms with Crippen molar-refractivity contribution in [3.05, 3.63) is 5.56 Å². The zero-order chi connectivity index (χ0) is 13.3. The highest BCUT2D eigenvalue weighted by Crippen LogP contribution is 2.32. The lowest BCUT2D eigenvalue weighted by Gasteiger charge is -2.31. The lowest BCUT2D eigenvalue weighted by molar-refractivity contribution is -0.122. The van der Waals surface area contributed by atoms with Gasteiger partial charge in [0.15, 0.2) is 5.82 Å². The standard InChI is InChI=1S/C10H15N5O2S/c11-7-6(9(13)17)10(18-14-7)15-3-1-5(2-4-15)8(12)16/h5H,1-4H2,(H2,11,14)(H2,12,16)(H2,13,17). The summed E-state index contributed by atoms with van der Waals surface area (Å²) >= 11 is 1.15. The Morgan fingerprint density at radius 3 is 2.39 bits per heavy atom. The summed E-state index contributed by atoms with van der Waals surface area (Å²) in [5, 5.41) is 0.683. The van der Waals surface area contributed by atoms with E-state index < -0.39 is 5.91 Å². The van der Waals surface area contributed by atoms with E-state index >= 15 is 0 Å². The molecule has 2 amide bonds. The monoisotopic (exact) mass is 269 g/mol. The van der Waals surface area contributed by atoms with Gasteiger partial charge in [0.25, 0.3) is 5.91 Å². The Kier molecular flexibility index (Phi) is 3.37. The van der Waals surface area contributed by atoms with E-state index in [9.17, 15) is 9.59 Å². The minimum absolute atomic E-state index is 0.0939. The molecule has 18 heavy (non-hydrogen) atoms. The number of hydrogen-bond donors (Lipinski definition) is 3. The van der Waals surface area contributed by atoms with E-state index in [0.29, 0.717) is 30.9 Å². The van der Waals surface area contributed by atoms with E-state index in [0.717, 1.165) is 11.5 Å². The van der Waals surface area contributed by atoms with Crippen LogP contribution in [0.5, 0.6) is 0 Å². The molecule has 0 spiro atoms. The summed E-state index contributed by atoms with van der Waals surface area (Å²) in [5.41, 5.74) is 16.5. The number of nitrogens with two attached hydrogens (primary N) is 3. The molecule has 0 aromatic carbocycles. The second-order valence-corrected chi connectivity index (χ2v) is 5.03. The number of anilines is 2. The summed E-state index contributed by atoms with van der Waals surface area (Å²) in [7, 11) is 0. The molecule has 0 radical (unpaired) electrons. The highest BCUT2D eigenvalue weighted by atomic mass is 32.1. The van der Waals surface area contributed by atoms with Crippen molar-refractivity contribution < 1.29 is 9.59 Å². The summed E-state index contributed by atoms with van der Waals surface area (Å²) in [5.74, 6) is -0.773. The van der Waals surface area contributed by atoms with Gasteiger partial charge < -0.3 is 22.1 Å². The number of nitrogens with zero attached hydrogens (tertiary/aromatic N) is 2. The van der Waals surface area contributed by atoms with Gasteiger partial charge >= 0.3 is 0 Å². The first kappa shape index (κ1) is 12.6. The maximum Gasteiger partial charge on any atom is 0.255 e. The molecular formula is C10H15N5O2S. The molecule has 0 saturated carbocycles. The summed E-state index contributed by atoms with van der Waals surface area (Å²) < 4.78 is 3.95. The number of rotatable bonds is 3. The second-order valence-electron chi connectivity index (χ2n) is 4.28. The molecular weight excluding hydrogens is 254 g/mol. The van der Waals surface area contributed by atoms with Crippen molar-refractivity contribution in [1.82, 2.24) is 4.37 Å². The summed E-state index contributed by atoms with van der Waals surface area (Å²) in [6.45, 7) is 1.30. The molecule has 0 bridgehead atoms. The fourth-order valence-electron chi connectivity index (χ4n) is 2.11. The zero-order valence-corrected chi connectivity index (χ0v) is 10.6. The number of carbonyl (C=O) groups is 2. The molecule has 1 aliphatic heterocycles. The molecule has 2 heterocycles. The first-order valence-electron chi connectivity index (χ1n) is 5.60. The average Bonchev–Trinajstić information content (AvgIpc) is 2.71. The molecule has 98 valence electrons. The number of piperidine rings is 1. The van der Waals surface area contributed by atoms with Crippen molar-refractivity contribution in [1.29, 1.82) is 0 Å². The van der Waals surface area contributed by atoms with Crippen LogP contribution < -0.4 is 22.1 Å². The SMILES string of the molecule is NC(=O)c1c(N)nsc1N1CCC(C(N)=O)CC1. The highest BCUT2D eigenvalue weighted by molar-refractivity contribution is 7.11. The number of hydrogen-bond acceptors (Lipinski definition) is 6. The molecule has 8 heteroatoms. The third-order valence-corrected chi connectivity index (χ3v) is 4.05. The number of primary amides is 2. The molecule has 0 unspecified atom stereocenters. The van der Waals surface area contributed by atoms with Crippen molar-refractivity contribution in [2.75, 3.05) is 23.7 Å². The Bertz CT molecular complexity index is 479. The Hall–Kier alpha value is -1.83. The summed E-state index contributed by atoms with van der Waals surface area (Å²) in [4.78, 5) is 24.4. The Morgan fingerprint density at radius 1 is 1.28 bits per heavy atom. The van der Waals surface area contributed by atoms with Gasteiger partial charge in [-0.25, -0.2) is 0 Å². The van der Waals surface area contributed by atoms with Crippen LogP contribution in [-0.2, 0) is 4.79 Å². The van der Waals surface area contributed by atoms with Gasteiger partial charge in [-0.2, -0.15) is 4.37 Å². The van der Waals surface area contributed by atoms with Crippen molar-refractivity contribution in [3.8, 4) is 0 Å². The Labute approximate surface area is 108 Å². The van der Waals surface area contributed by atoms with Crippen LogP contribution in [0.4, 0.5) is 10.8 Å². The molecule has 1 aromatic rings. The van der Waals surface area contributed by atoms with Gasteiger partial charge in [-0.05, 0) is 24.4 Å². The van der Waals surface area contributed by atoms with Crippen LogP contribution in [0.1, 0.15) is 23.2 Å². The predicted octanol–water partition coefficient (Wildman–Crippen LogP) is -0.474. The van der Waals surface area contributed by atoms with Crippen molar-refractivity contribution in [2.45, 2.75) is 12.8 Å². The van der Waals surface area contributed by atoms with Crippen LogP contribution in [-0.4, -0.2) is 29.3 Å².